The Balaban J connectivity index is 1.79. The number of nitrogens with zero attached hydrogens (tertiary/aromatic N) is 3. The molecule has 104 valence electrons. The first-order valence-electron chi connectivity index (χ1n) is 5.97. The fraction of sp³-hybridized carbons (Fsp3) is 0.545. The summed E-state index contributed by atoms with van der Waals surface area (Å²) in [6.07, 6.45) is 2.38. The number of H-pyrrole nitrogens is 1. The number of ether oxygens (including phenoxy) is 3. The van der Waals surface area contributed by atoms with Crippen molar-refractivity contribution in [3.8, 4) is 5.88 Å². The van der Waals surface area contributed by atoms with Gasteiger partial charge in [0.1, 0.15) is 12.1 Å². The Morgan fingerprint density at radius 3 is 2.95 bits per heavy atom. The number of nitrogen functional groups attached to an aromatic ring is 1. The van der Waals surface area contributed by atoms with Gasteiger partial charge >= 0.3 is 0 Å². The van der Waals surface area contributed by atoms with Crippen molar-refractivity contribution < 1.29 is 14.2 Å². The van der Waals surface area contributed by atoms with Crippen molar-refractivity contribution in [1.29, 1.82) is 0 Å². The summed E-state index contributed by atoms with van der Waals surface area (Å²) in [6.45, 7) is 2.20. The zero-order valence-electron chi connectivity index (χ0n) is 10.8. The number of anilines is 1. The minimum Gasteiger partial charge on any atom is -0.474 e. The number of rotatable bonds is 8. The molecule has 2 aromatic rings. The third-order valence-corrected chi connectivity index (χ3v) is 2.37. The quantitative estimate of drug-likeness (QED) is 0.665. The number of nitrogens with one attached hydrogen (secondary N) is 1. The van der Waals surface area contributed by atoms with Crippen LogP contribution in [0.5, 0.6) is 5.88 Å². The standard InChI is InChI=1S/C11H17N5O3/c1-17-3-2-4-18-5-6-19-10-8-9(14-7-13-8)15-11(12)16-10/h7H,2-6H2,1H3,(H3,12,13,14,15,16). The van der Waals surface area contributed by atoms with E-state index in [-0.39, 0.29) is 5.95 Å². The molecule has 2 rings (SSSR count). The fourth-order valence-corrected chi connectivity index (χ4v) is 1.53. The Morgan fingerprint density at radius 2 is 2.11 bits per heavy atom. The highest BCUT2D eigenvalue weighted by Crippen LogP contribution is 2.19. The molecule has 0 spiro atoms. The SMILES string of the molecule is COCCCOCCOc1nc(N)nc2nc[nH]c12. The van der Waals surface area contributed by atoms with E-state index in [0.29, 0.717) is 43.5 Å². The van der Waals surface area contributed by atoms with Crippen molar-refractivity contribution in [2.45, 2.75) is 6.42 Å². The number of aromatic nitrogens is 4. The molecule has 0 atom stereocenters. The van der Waals surface area contributed by atoms with Crippen molar-refractivity contribution in [3.05, 3.63) is 6.33 Å². The minimum atomic E-state index is 0.135. The number of fused-ring (bicyclic) bond motifs is 1. The first-order valence-corrected chi connectivity index (χ1v) is 5.97. The van der Waals surface area contributed by atoms with Crippen molar-refractivity contribution >= 4 is 17.1 Å². The summed E-state index contributed by atoms with van der Waals surface area (Å²) in [6, 6.07) is 0. The van der Waals surface area contributed by atoms with Gasteiger partial charge in [-0.3, -0.25) is 0 Å². The van der Waals surface area contributed by atoms with Crippen molar-refractivity contribution in [2.75, 3.05) is 39.3 Å². The molecule has 0 saturated carbocycles. The van der Waals surface area contributed by atoms with Crippen LogP contribution in [-0.2, 0) is 9.47 Å². The number of nitrogens with two attached hydrogens (primary N) is 1. The molecule has 0 amide bonds. The van der Waals surface area contributed by atoms with Gasteiger partial charge in [0, 0.05) is 20.3 Å². The summed E-state index contributed by atoms with van der Waals surface area (Å²) >= 11 is 0. The van der Waals surface area contributed by atoms with Crippen molar-refractivity contribution in [3.63, 3.8) is 0 Å². The van der Waals surface area contributed by atoms with Crippen LogP contribution < -0.4 is 10.5 Å². The lowest BCUT2D eigenvalue weighted by molar-refractivity contribution is 0.0799. The van der Waals surface area contributed by atoms with Gasteiger partial charge in [-0.2, -0.15) is 9.97 Å². The second-order valence-corrected chi connectivity index (χ2v) is 3.80. The summed E-state index contributed by atoms with van der Waals surface area (Å²) in [4.78, 5) is 14.9. The van der Waals surface area contributed by atoms with E-state index in [1.807, 2.05) is 0 Å². The molecule has 0 aliphatic carbocycles. The molecule has 0 aliphatic rings. The molecule has 0 saturated heterocycles. The number of aromatic amines is 1. The predicted octanol–water partition coefficient (Wildman–Crippen LogP) is 0.367. The molecule has 0 unspecified atom stereocenters. The Hall–Kier alpha value is -1.93. The minimum absolute atomic E-state index is 0.135. The van der Waals surface area contributed by atoms with Crippen LogP contribution in [-0.4, -0.2) is 53.5 Å². The second kappa shape index (κ2) is 6.86. The predicted molar refractivity (Wildman–Crippen MR) is 68.9 cm³/mol. The van der Waals surface area contributed by atoms with Crippen molar-refractivity contribution in [1.82, 2.24) is 19.9 Å². The molecule has 0 radical (unpaired) electrons. The van der Waals surface area contributed by atoms with Crippen LogP contribution in [0, 0.1) is 0 Å². The molecule has 0 aromatic carbocycles. The first kappa shape index (κ1) is 13.5. The molecule has 2 aromatic heterocycles. The van der Waals surface area contributed by atoms with Crippen LogP contribution in [0.3, 0.4) is 0 Å². The van der Waals surface area contributed by atoms with E-state index in [4.69, 9.17) is 19.9 Å². The van der Waals surface area contributed by atoms with Crippen LogP contribution in [0.15, 0.2) is 6.33 Å². The lowest BCUT2D eigenvalue weighted by Gasteiger charge is -2.07. The number of imidazole rings is 1. The van der Waals surface area contributed by atoms with E-state index in [1.165, 1.54) is 6.33 Å². The Bertz CT molecular complexity index is 516. The van der Waals surface area contributed by atoms with Crippen LogP contribution in [0.4, 0.5) is 5.95 Å². The Morgan fingerprint density at radius 1 is 1.21 bits per heavy atom. The van der Waals surface area contributed by atoms with Crippen LogP contribution >= 0.6 is 0 Å². The average Bonchev–Trinajstić information content (AvgIpc) is 2.85. The molecule has 2 heterocycles. The zero-order valence-corrected chi connectivity index (χ0v) is 10.8. The van der Waals surface area contributed by atoms with Gasteiger partial charge in [-0.1, -0.05) is 0 Å². The maximum absolute atomic E-state index is 5.57. The molecule has 8 heteroatoms. The molecular formula is C11H17N5O3. The highest BCUT2D eigenvalue weighted by molar-refractivity contribution is 5.76. The largest absolute Gasteiger partial charge is 0.474 e. The normalized spacial score (nSPS) is 11.0. The van der Waals surface area contributed by atoms with Gasteiger partial charge in [-0.15, -0.1) is 0 Å². The Labute approximate surface area is 110 Å². The van der Waals surface area contributed by atoms with Gasteiger partial charge in [0.2, 0.25) is 11.8 Å². The highest BCUT2D eigenvalue weighted by Gasteiger charge is 2.09. The second-order valence-electron chi connectivity index (χ2n) is 3.80. The van der Waals surface area contributed by atoms with Gasteiger partial charge < -0.3 is 24.9 Å². The van der Waals surface area contributed by atoms with Gasteiger partial charge in [0.15, 0.2) is 5.65 Å². The van der Waals surface area contributed by atoms with Gasteiger partial charge in [0.05, 0.1) is 12.9 Å². The smallest absolute Gasteiger partial charge is 0.245 e. The van der Waals surface area contributed by atoms with Crippen LogP contribution in [0.1, 0.15) is 6.42 Å². The topological polar surface area (TPSA) is 108 Å². The third-order valence-electron chi connectivity index (χ3n) is 2.37. The monoisotopic (exact) mass is 267 g/mol. The van der Waals surface area contributed by atoms with Gasteiger partial charge in [-0.25, -0.2) is 4.98 Å². The first-order chi connectivity index (χ1) is 9.31. The average molecular weight is 267 g/mol. The van der Waals surface area contributed by atoms with E-state index in [9.17, 15) is 0 Å². The van der Waals surface area contributed by atoms with E-state index in [0.717, 1.165) is 6.42 Å². The Kier molecular flexibility index (Phi) is 4.87. The lowest BCUT2D eigenvalue weighted by atomic mass is 10.5. The van der Waals surface area contributed by atoms with E-state index < -0.39 is 0 Å². The maximum Gasteiger partial charge on any atom is 0.245 e. The highest BCUT2D eigenvalue weighted by atomic mass is 16.5. The summed E-state index contributed by atoms with van der Waals surface area (Å²) < 4.78 is 15.8. The molecule has 8 nitrogen and oxygen atoms in total. The zero-order chi connectivity index (χ0) is 13.5. The van der Waals surface area contributed by atoms with Gasteiger partial charge in [-0.05, 0) is 6.42 Å². The van der Waals surface area contributed by atoms with E-state index in [1.54, 1.807) is 7.11 Å². The van der Waals surface area contributed by atoms with E-state index in [2.05, 4.69) is 19.9 Å². The third kappa shape index (κ3) is 3.76. The number of methoxy groups -OCH3 is 1. The molecule has 3 N–H and O–H groups in total. The molecule has 0 bridgehead atoms. The summed E-state index contributed by atoms with van der Waals surface area (Å²) in [5.41, 5.74) is 6.69. The van der Waals surface area contributed by atoms with Crippen LogP contribution in [0.2, 0.25) is 0 Å². The maximum atomic E-state index is 5.57. The molecule has 0 fully saturated rings. The number of hydrogen-bond acceptors (Lipinski definition) is 7. The van der Waals surface area contributed by atoms with Crippen LogP contribution in [0.25, 0.3) is 11.2 Å². The molecular weight excluding hydrogens is 250 g/mol. The molecule has 0 aliphatic heterocycles. The number of hydrogen-bond donors (Lipinski definition) is 2. The lowest BCUT2D eigenvalue weighted by Crippen LogP contribution is -2.10. The summed E-state index contributed by atoms with van der Waals surface area (Å²) in [5.74, 6) is 0.524. The fourth-order valence-electron chi connectivity index (χ4n) is 1.53. The van der Waals surface area contributed by atoms with E-state index >= 15 is 0 Å². The van der Waals surface area contributed by atoms with Gasteiger partial charge in [0.25, 0.3) is 0 Å². The summed E-state index contributed by atoms with van der Waals surface area (Å²) in [5, 5.41) is 0. The summed E-state index contributed by atoms with van der Waals surface area (Å²) in [7, 11) is 1.66. The van der Waals surface area contributed by atoms with Crippen molar-refractivity contribution in [2.24, 2.45) is 0 Å². The molecule has 19 heavy (non-hydrogen) atoms.